The molecule has 0 saturated heterocycles. The molecular formula is C40H49N5O6. The van der Waals surface area contributed by atoms with E-state index in [2.05, 4.69) is 20.8 Å². The summed E-state index contributed by atoms with van der Waals surface area (Å²) in [7, 11) is 1.59. The lowest BCUT2D eigenvalue weighted by Gasteiger charge is -2.26. The summed E-state index contributed by atoms with van der Waals surface area (Å²) in [5.74, 6) is 0.507. The van der Waals surface area contributed by atoms with Crippen LogP contribution in [0.1, 0.15) is 68.3 Å². The quantitative estimate of drug-likeness (QED) is 0.0892. The number of aromatic amines is 1. The zero-order chi connectivity index (χ0) is 36.2. The van der Waals surface area contributed by atoms with E-state index in [1.165, 1.54) is 4.90 Å². The van der Waals surface area contributed by atoms with Gasteiger partial charge in [-0.2, -0.15) is 5.10 Å². The van der Waals surface area contributed by atoms with Crippen molar-refractivity contribution in [2.75, 3.05) is 39.9 Å². The normalized spacial score (nSPS) is 13.7. The molecule has 3 aromatic carbocycles. The molecule has 51 heavy (non-hydrogen) atoms. The minimum absolute atomic E-state index is 0.0615. The maximum absolute atomic E-state index is 13.1. The first-order valence-corrected chi connectivity index (χ1v) is 17.9. The maximum atomic E-state index is 13.1. The van der Waals surface area contributed by atoms with Gasteiger partial charge in [0.2, 0.25) is 17.7 Å². The van der Waals surface area contributed by atoms with E-state index in [1.54, 1.807) is 7.11 Å². The highest BCUT2D eigenvalue weighted by Gasteiger charge is 2.27. The summed E-state index contributed by atoms with van der Waals surface area (Å²) in [6.07, 6.45) is 5.46. The van der Waals surface area contributed by atoms with Gasteiger partial charge in [-0.25, -0.2) is 0 Å². The number of rotatable bonds is 18. The van der Waals surface area contributed by atoms with E-state index in [1.807, 2.05) is 80.6 Å². The molecule has 270 valence electrons. The summed E-state index contributed by atoms with van der Waals surface area (Å²) in [6.45, 7) is 4.88. The number of ketones is 1. The van der Waals surface area contributed by atoms with Gasteiger partial charge in [0.15, 0.2) is 5.78 Å². The highest BCUT2D eigenvalue weighted by atomic mass is 16.5. The third kappa shape index (κ3) is 10.4. The standard InChI is InChI=1S/C40H49N5O6/c1-27(2)24-45(38(48)23-42-40(49)31-21-30-22-32(50-3)18-19-36(30)51-26-31)25-37(47)41-20-10-6-4-5-7-13-35(46)28-14-16-29(17-15-28)39-33-11-8-9-12-34(33)43-44-39/h8-9,11-12,14-19,22,27,31H,4-7,10,13,20-21,23-26H2,1-3H3,(H,41,47)(H,42,49)(H,43,44). The fourth-order valence-electron chi connectivity index (χ4n) is 6.32. The van der Waals surface area contributed by atoms with Gasteiger partial charge >= 0.3 is 0 Å². The van der Waals surface area contributed by atoms with E-state index in [4.69, 9.17) is 9.47 Å². The van der Waals surface area contributed by atoms with E-state index in [0.29, 0.717) is 37.2 Å². The molecule has 0 saturated carbocycles. The van der Waals surface area contributed by atoms with Crippen molar-refractivity contribution >= 4 is 34.4 Å². The number of H-pyrrole nitrogens is 1. The molecule has 1 atom stereocenters. The zero-order valence-electron chi connectivity index (χ0n) is 29.8. The van der Waals surface area contributed by atoms with Gasteiger partial charge in [0, 0.05) is 36.0 Å². The number of carbonyl (C=O) groups is 4. The molecule has 0 spiro atoms. The summed E-state index contributed by atoms with van der Waals surface area (Å²) < 4.78 is 11.0. The second-order valence-electron chi connectivity index (χ2n) is 13.6. The molecule has 11 heteroatoms. The van der Waals surface area contributed by atoms with Gasteiger partial charge in [-0.05, 0) is 55.0 Å². The Bertz CT molecular complexity index is 1800. The van der Waals surface area contributed by atoms with Crippen LogP contribution in [0.4, 0.5) is 0 Å². The number of carbonyl (C=O) groups excluding carboxylic acids is 4. The largest absolute Gasteiger partial charge is 0.497 e. The van der Waals surface area contributed by atoms with Gasteiger partial charge in [0.25, 0.3) is 0 Å². The number of hydrogen-bond acceptors (Lipinski definition) is 7. The molecule has 2 heterocycles. The third-order valence-electron chi connectivity index (χ3n) is 9.08. The fourth-order valence-corrected chi connectivity index (χ4v) is 6.32. The molecule has 5 rings (SSSR count). The van der Waals surface area contributed by atoms with Gasteiger partial charge < -0.3 is 25.0 Å². The van der Waals surface area contributed by atoms with E-state index in [-0.39, 0.29) is 49.1 Å². The molecule has 11 nitrogen and oxygen atoms in total. The Morgan fingerprint density at radius 1 is 0.961 bits per heavy atom. The number of ether oxygens (including phenoxy) is 2. The van der Waals surface area contributed by atoms with Crippen LogP contribution in [-0.4, -0.2) is 78.5 Å². The van der Waals surface area contributed by atoms with E-state index in [0.717, 1.165) is 65.6 Å². The number of unbranched alkanes of at least 4 members (excludes halogenated alkanes) is 4. The number of aromatic nitrogens is 2. The van der Waals surface area contributed by atoms with Crippen molar-refractivity contribution in [3.63, 3.8) is 0 Å². The molecule has 1 aliphatic rings. The molecular weight excluding hydrogens is 646 g/mol. The van der Waals surface area contributed by atoms with Crippen LogP contribution in [0.25, 0.3) is 22.2 Å². The highest BCUT2D eigenvalue weighted by molar-refractivity contribution is 5.97. The van der Waals surface area contributed by atoms with Crippen molar-refractivity contribution in [3.05, 3.63) is 77.9 Å². The summed E-state index contributed by atoms with van der Waals surface area (Å²) >= 11 is 0. The van der Waals surface area contributed by atoms with Crippen LogP contribution in [0.3, 0.4) is 0 Å². The second kappa shape index (κ2) is 18.2. The van der Waals surface area contributed by atoms with E-state index in [9.17, 15) is 19.2 Å². The van der Waals surface area contributed by atoms with Crippen LogP contribution in [-0.2, 0) is 20.8 Å². The Hall–Kier alpha value is -5.19. The Labute approximate surface area is 299 Å². The van der Waals surface area contributed by atoms with Crippen LogP contribution < -0.4 is 20.1 Å². The van der Waals surface area contributed by atoms with Crippen molar-refractivity contribution < 1.29 is 28.7 Å². The first kappa shape index (κ1) is 37.1. The monoisotopic (exact) mass is 695 g/mol. The first-order valence-electron chi connectivity index (χ1n) is 17.9. The number of benzene rings is 3. The van der Waals surface area contributed by atoms with Gasteiger partial charge in [-0.15, -0.1) is 0 Å². The van der Waals surface area contributed by atoms with Crippen molar-refractivity contribution in [2.45, 2.75) is 58.8 Å². The van der Waals surface area contributed by atoms with E-state index >= 15 is 0 Å². The maximum Gasteiger partial charge on any atom is 0.242 e. The third-order valence-corrected chi connectivity index (χ3v) is 9.08. The number of nitrogens with zero attached hydrogens (tertiary/aromatic N) is 2. The Kier molecular flexibility index (Phi) is 13.2. The Morgan fingerprint density at radius 3 is 2.51 bits per heavy atom. The van der Waals surface area contributed by atoms with Gasteiger partial charge in [-0.3, -0.25) is 24.3 Å². The van der Waals surface area contributed by atoms with Crippen molar-refractivity contribution in [1.29, 1.82) is 0 Å². The second-order valence-corrected chi connectivity index (χ2v) is 13.6. The topological polar surface area (TPSA) is 143 Å². The predicted octanol–water partition coefficient (Wildman–Crippen LogP) is 5.73. The highest BCUT2D eigenvalue weighted by Crippen LogP contribution is 2.31. The predicted molar refractivity (Wildman–Crippen MR) is 197 cm³/mol. The van der Waals surface area contributed by atoms with Crippen LogP contribution in [0.2, 0.25) is 0 Å². The minimum Gasteiger partial charge on any atom is -0.497 e. The van der Waals surface area contributed by atoms with Gasteiger partial charge in [0.05, 0.1) is 37.3 Å². The molecule has 1 unspecified atom stereocenters. The summed E-state index contributed by atoms with van der Waals surface area (Å²) in [4.78, 5) is 52.9. The van der Waals surface area contributed by atoms with Crippen LogP contribution in [0.5, 0.6) is 11.5 Å². The molecule has 0 radical (unpaired) electrons. The number of para-hydroxylation sites is 1. The summed E-state index contributed by atoms with van der Waals surface area (Å²) in [6, 6.07) is 21.1. The van der Waals surface area contributed by atoms with Crippen molar-refractivity contribution in [1.82, 2.24) is 25.7 Å². The van der Waals surface area contributed by atoms with Crippen molar-refractivity contribution in [3.8, 4) is 22.8 Å². The average molecular weight is 696 g/mol. The number of nitrogens with one attached hydrogen (secondary N) is 3. The number of hydrogen-bond donors (Lipinski definition) is 3. The number of Topliss-reactive ketones (excluding diaryl/α,β-unsaturated/α-hetero) is 1. The molecule has 0 fully saturated rings. The van der Waals surface area contributed by atoms with Crippen LogP contribution in [0, 0.1) is 11.8 Å². The summed E-state index contributed by atoms with van der Waals surface area (Å²) in [5, 5.41) is 14.2. The number of fused-ring (bicyclic) bond motifs is 2. The molecule has 1 aliphatic heterocycles. The number of amides is 3. The molecule has 3 N–H and O–H groups in total. The summed E-state index contributed by atoms with van der Waals surface area (Å²) in [5.41, 5.74) is 4.43. The Balaban J connectivity index is 0.951. The lowest BCUT2D eigenvalue weighted by Crippen LogP contribution is -2.48. The fraction of sp³-hybridized carbons (Fsp3) is 0.425. The SMILES string of the molecule is COc1ccc2c(c1)CC(C(=O)NCC(=O)N(CC(=O)NCCCCCCCC(=O)c1ccc(-c3n[nH]c4ccccc34)cc1)CC(C)C)CO2. The average Bonchev–Trinajstić information content (AvgIpc) is 3.58. The molecule has 1 aromatic heterocycles. The minimum atomic E-state index is -0.424. The Morgan fingerprint density at radius 2 is 1.73 bits per heavy atom. The molecule has 0 bridgehead atoms. The van der Waals surface area contributed by atoms with E-state index < -0.39 is 5.92 Å². The first-order chi connectivity index (χ1) is 24.7. The van der Waals surface area contributed by atoms with Crippen LogP contribution in [0.15, 0.2) is 66.7 Å². The van der Waals surface area contributed by atoms with Gasteiger partial charge in [0.1, 0.15) is 18.1 Å². The van der Waals surface area contributed by atoms with Gasteiger partial charge in [-0.1, -0.05) is 75.6 Å². The van der Waals surface area contributed by atoms with Crippen LogP contribution >= 0.6 is 0 Å². The molecule has 3 amide bonds. The lowest BCUT2D eigenvalue weighted by molar-refractivity contribution is -0.137. The lowest BCUT2D eigenvalue weighted by atomic mass is 9.96. The number of methoxy groups -OCH3 is 1. The zero-order valence-corrected chi connectivity index (χ0v) is 29.8. The molecule has 0 aliphatic carbocycles. The van der Waals surface area contributed by atoms with Crippen molar-refractivity contribution in [2.24, 2.45) is 11.8 Å². The molecule has 4 aromatic rings. The smallest absolute Gasteiger partial charge is 0.242 e.